The Labute approximate surface area is 354 Å². The summed E-state index contributed by atoms with van der Waals surface area (Å²) in [5, 5.41) is 29.4. The fourth-order valence-corrected chi connectivity index (χ4v) is 11.3. The van der Waals surface area contributed by atoms with Crippen molar-refractivity contribution < 1.29 is 43.6 Å². The average molecular weight is 834 g/mol. The van der Waals surface area contributed by atoms with Gasteiger partial charge in [-0.1, -0.05) is 89.7 Å². The van der Waals surface area contributed by atoms with E-state index in [9.17, 15) is 19.8 Å². The summed E-state index contributed by atoms with van der Waals surface area (Å²) in [7, 11) is 0. The number of ether oxygens (including phenoxy) is 4. The van der Waals surface area contributed by atoms with Gasteiger partial charge in [0.15, 0.2) is 12.1 Å². The number of carbonyl (C=O) groups is 2. The van der Waals surface area contributed by atoms with Crippen LogP contribution in [0.5, 0.6) is 0 Å². The van der Waals surface area contributed by atoms with Crippen molar-refractivity contribution in [3.63, 3.8) is 0 Å². The molecule has 2 spiro atoms. The summed E-state index contributed by atoms with van der Waals surface area (Å²) < 4.78 is 25.5. The summed E-state index contributed by atoms with van der Waals surface area (Å²) in [4.78, 5) is 29.9. The highest BCUT2D eigenvalue weighted by atomic mass is 16.7. The van der Waals surface area contributed by atoms with E-state index in [0.717, 1.165) is 103 Å². The molecule has 9 N–H and O–H groups in total. The molecule has 0 saturated carbocycles. The van der Waals surface area contributed by atoms with Crippen LogP contribution in [0.15, 0.2) is 12.2 Å². The van der Waals surface area contributed by atoms with Crippen LogP contribution in [0.3, 0.4) is 0 Å². The number of allylic oxidation sites excluding steroid dienone is 1. The lowest BCUT2D eigenvalue weighted by Crippen LogP contribution is -3.29. The molecule has 338 valence electrons. The maximum Gasteiger partial charge on any atom is 0.319 e. The highest BCUT2D eigenvalue weighted by molar-refractivity contribution is 5.82. The second-order valence-electron chi connectivity index (χ2n) is 18.8. The second-order valence-corrected chi connectivity index (χ2v) is 18.8. The lowest BCUT2D eigenvalue weighted by atomic mass is 9.79. The van der Waals surface area contributed by atoms with E-state index in [-0.39, 0.29) is 67.6 Å². The van der Waals surface area contributed by atoms with Crippen LogP contribution in [-0.4, -0.2) is 113 Å². The Morgan fingerprint density at radius 3 is 2.32 bits per heavy atom. The summed E-state index contributed by atoms with van der Waals surface area (Å²) in [6.45, 7) is 5.62. The van der Waals surface area contributed by atoms with Crippen molar-refractivity contribution in [2.45, 2.75) is 228 Å². The van der Waals surface area contributed by atoms with Crippen molar-refractivity contribution in [1.82, 2.24) is 15.5 Å². The minimum atomic E-state index is -1.85. The van der Waals surface area contributed by atoms with Crippen LogP contribution in [0.1, 0.15) is 168 Å². The van der Waals surface area contributed by atoms with Crippen LogP contribution in [0.2, 0.25) is 0 Å². The number of hydrogen-bond donors (Lipinski definition) is 7. The Bertz CT molecular complexity index is 1360. The maximum absolute atomic E-state index is 14.1. The number of aliphatic hydroxyl groups is 2. The first-order valence-corrected chi connectivity index (χ1v) is 24.0. The second kappa shape index (κ2) is 22.1. The van der Waals surface area contributed by atoms with Gasteiger partial charge in [0.25, 0.3) is 5.91 Å². The fraction of sp³-hybridized carbons (Fsp3) is 0.911. The van der Waals surface area contributed by atoms with Gasteiger partial charge in [-0.05, 0) is 77.8 Å². The summed E-state index contributed by atoms with van der Waals surface area (Å²) in [5.74, 6) is -2.54. The smallest absolute Gasteiger partial charge is 0.319 e. The fourth-order valence-electron chi connectivity index (χ4n) is 11.3. The molecule has 0 aromatic rings. The first kappa shape index (κ1) is 46.8. The third kappa shape index (κ3) is 11.5. The predicted octanol–water partition coefficient (Wildman–Crippen LogP) is 3.57. The molecule has 0 aromatic heterocycles. The molecule has 14 nitrogen and oxygen atoms in total. The number of unbranched alkanes of at least 4 members (excludes halogenated alkanes) is 11. The molecule has 0 aliphatic carbocycles. The van der Waals surface area contributed by atoms with Crippen molar-refractivity contribution in [1.29, 1.82) is 0 Å². The van der Waals surface area contributed by atoms with E-state index in [2.05, 4.69) is 36.6 Å². The highest BCUT2D eigenvalue weighted by Gasteiger charge is 2.67. The van der Waals surface area contributed by atoms with Crippen molar-refractivity contribution in [2.24, 2.45) is 17.4 Å². The number of carbonyl (C=O) groups excluding carboxylic acids is 2. The standard InChI is InChI=1S/C45H80N6O8/c1-3-35-21-15-16-25-43(58-35)32-34-23-24-36-38(44(26-18-20-33(2)57-44)49-42(48-43)51(34)36)40(53)56-31-17-13-11-9-7-5-4-6-8-10-12-14-22-37-39(52)50(30-19-28-46)41(54)45(55,59-37)27-29-47/h15,21,33-38,41-42,48-49,54-55H,3-14,16-20,22-32,46-47H2,1-2H3/p+1. The summed E-state index contributed by atoms with van der Waals surface area (Å²) in [5.41, 5.74) is 10.2. The van der Waals surface area contributed by atoms with Gasteiger partial charge in [0.05, 0.1) is 24.9 Å². The molecule has 5 fully saturated rings. The molecular formula is C45H81N6O8+. The quantitative estimate of drug-likeness (QED) is 0.0477. The van der Waals surface area contributed by atoms with Gasteiger partial charge in [0, 0.05) is 32.2 Å². The van der Waals surface area contributed by atoms with Gasteiger partial charge in [0.1, 0.15) is 23.6 Å². The van der Waals surface area contributed by atoms with Crippen LogP contribution in [0, 0.1) is 5.92 Å². The van der Waals surface area contributed by atoms with Crippen molar-refractivity contribution in [3.05, 3.63) is 12.2 Å². The van der Waals surface area contributed by atoms with Crippen LogP contribution in [0.25, 0.3) is 0 Å². The Balaban J connectivity index is 0.845. The summed E-state index contributed by atoms with van der Waals surface area (Å²) in [6.07, 6.45) is 25.7. The lowest BCUT2D eigenvalue weighted by Gasteiger charge is -2.58. The topological polar surface area (TPSA) is 195 Å². The van der Waals surface area contributed by atoms with Gasteiger partial charge in [-0.25, -0.2) is 10.6 Å². The molecular weight excluding hydrogens is 753 g/mol. The van der Waals surface area contributed by atoms with E-state index in [1.807, 2.05) is 0 Å². The number of nitrogens with two attached hydrogens (primary N) is 2. The number of morpholine rings is 1. The molecule has 12 atom stereocenters. The van der Waals surface area contributed by atoms with Crippen LogP contribution in [0.4, 0.5) is 0 Å². The molecule has 12 unspecified atom stereocenters. The SMILES string of the molecule is CCC1C=CCCC2(CC3CCC4C(C(=O)OCCCCCCCCCCCCCCC5OC(O)(CCN)C(O)N(CCCN)C5=O)C5(CCCC(C)O5)NC(N2)[NH+]34)O1. The summed E-state index contributed by atoms with van der Waals surface area (Å²) >= 11 is 0. The van der Waals surface area contributed by atoms with Gasteiger partial charge in [-0.2, -0.15) is 0 Å². The number of rotatable bonds is 22. The molecule has 6 heterocycles. The van der Waals surface area contributed by atoms with Crippen LogP contribution in [-0.2, 0) is 28.5 Å². The molecule has 14 heteroatoms. The van der Waals surface area contributed by atoms with Gasteiger partial charge in [-0.3, -0.25) is 9.59 Å². The lowest BCUT2D eigenvalue weighted by molar-refractivity contribution is -0.985. The zero-order chi connectivity index (χ0) is 41.9. The van der Waals surface area contributed by atoms with E-state index in [0.29, 0.717) is 32.0 Å². The Morgan fingerprint density at radius 2 is 1.64 bits per heavy atom. The van der Waals surface area contributed by atoms with Crippen LogP contribution >= 0.6 is 0 Å². The largest absolute Gasteiger partial charge is 0.465 e. The third-order valence-corrected chi connectivity index (χ3v) is 14.3. The number of amides is 1. The molecule has 59 heavy (non-hydrogen) atoms. The number of quaternary nitrogens is 1. The maximum atomic E-state index is 14.1. The van der Waals surface area contributed by atoms with E-state index >= 15 is 0 Å². The zero-order valence-electron chi connectivity index (χ0n) is 36.5. The van der Waals surface area contributed by atoms with E-state index in [1.54, 1.807) is 0 Å². The number of aliphatic hydroxyl groups excluding tert-OH is 1. The molecule has 1 amide bonds. The van der Waals surface area contributed by atoms with Crippen molar-refractivity contribution >= 4 is 11.9 Å². The van der Waals surface area contributed by atoms with E-state index in [4.69, 9.17) is 30.4 Å². The molecule has 6 rings (SSSR count). The number of esters is 1. The number of nitrogens with one attached hydrogen (secondary N) is 3. The molecule has 6 aliphatic rings. The van der Waals surface area contributed by atoms with Crippen molar-refractivity contribution in [2.75, 3.05) is 26.2 Å². The summed E-state index contributed by atoms with van der Waals surface area (Å²) in [6, 6.07) is 0.603. The van der Waals surface area contributed by atoms with Crippen LogP contribution < -0.4 is 27.0 Å². The normalized spacial score (nSPS) is 38.2. The Morgan fingerprint density at radius 1 is 0.932 bits per heavy atom. The first-order chi connectivity index (χ1) is 28.6. The van der Waals surface area contributed by atoms with Gasteiger partial charge in [-0.15, -0.1) is 0 Å². The van der Waals surface area contributed by atoms with Gasteiger partial charge in [0.2, 0.25) is 12.1 Å². The zero-order valence-corrected chi connectivity index (χ0v) is 36.5. The van der Waals surface area contributed by atoms with Gasteiger partial charge < -0.3 is 50.4 Å². The van der Waals surface area contributed by atoms with Gasteiger partial charge >= 0.3 is 5.97 Å². The Hall–Kier alpha value is -1.72. The molecule has 0 aromatic carbocycles. The van der Waals surface area contributed by atoms with Crippen molar-refractivity contribution in [3.8, 4) is 0 Å². The first-order valence-electron chi connectivity index (χ1n) is 24.0. The average Bonchev–Trinajstić information content (AvgIpc) is 3.52. The predicted molar refractivity (Wildman–Crippen MR) is 225 cm³/mol. The molecule has 6 aliphatic heterocycles. The highest BCUT2D eigenvalue weighted by Crippen LogP contribution is 2.42. The number of nitrogens with zero attached hydrogens (tertiary/aromatic N) is 1. The Kier molecular flexibility index (Phi) is 17.5. The molecule has 0 radical (unpaired) electrons. The molecule has 0 bridgehead atoms. The minimum Gasteiger partial charge on any atom is -0.465 e. The van der Waals surface area contributed by atoms with E-state index in [1.165, 1.54) is 41.9 Å². The minimum absolute atomic E-state index is 0.0194. The van der Waals surface area contributed by atoms with E-state index < -0.39 is 23.8 Å². The number of hydrogen-bond acceptors (Lipinski definition) is 12. The molecule has 5 saturated heterocycles. The third-order valence-electron chi connectivity index (χ3n) is 14.3. The monoisotopic (exact) mass is 834 g/mol.